The van der Waals surface area contributed by atoms with E-state index in [-0.39, 0.29) is 16.6 Å². The summed E-state index contributed by atoms with van der Waals surface area (Å²) in [7, 11) is 0. The van der Waals surface area contributed by atoms with Crippen molar-refractivity contribution in [3.8, 4) is 0 Å². The standard InChI is InChI=1S/C13H15BrFNO2/c14-9-1-2-11(15)10(3-9)13(7-18-8-13)12(4-16)5-17-6-12/h1-3H,4-8,16H2. The van der Waals surface area contributed by atoms with Gasteiger partial charge >= 0.3 is 0 Å². The predicted octanol–water partition coefficient (Wildman–Crippen LogP) is 1.83. The Hall–Kier alpha value is -0.490. The lowest BCUT2D eigenvalue weighted by molar-refractivity contribution is -0.224. The van der Waals surface area contributed by atoms with Crippen molar-refractivity contribution in [1.29, 1.82) is 0 Å². The molecule has 0 aromatic heterocycles. The van der Waals surface area contributed by atoms with E-state index in [2.05, 4.69) is 15.9 Å². The number of halogens is 2. The third kappa shape index (κ3) is 1.51. The maximum absolute atomic E-state index is 14.2. The second-order valence-corrected chi connectivity index (χ2v) is 6.09. The van der Waals surface area contributed by atoms with Crippen LogP contribution in [0.5, 0.6) is 0 Å². The van der Waals surface area contributed by atoms with Crippen LogP contribution in [0.1, 0.15) is 5.56 Å². The highest BCUT2D eigenvalue weighted by atomic mass is 79.9. The Labute approximate surface area is 114 Å². The van der Waals surface area contributed by atoms with Crippen LogP contribution in [-0.4, -0.2) is 33.0 Å². The molecule has 0 spiro atoms. The first kappa shape index (κ1) is 12.5. The lowest BCUT2D eigenvalue weighted by atomic mass is 9.57. The fourth-order valence-corrected chi connectivity index (χ4v) is 3.22. The maximum atomic E-state index is 14.2. The van der Waals surface area contributed by atoms with Crippen LogP contribution in [0.15, 0.2) is 22.7 Å². The fraction of sp³-hybridized carbons (Fsp3) is 0.538. The molecule has 0 radical (unpaired) electrons. The molecule has 0 saturated carbocycles. The molecule has 2 aliphatic heterocycles. The van der Waals surface area contributed by atoms with E-state index in [9.17, 15) is 4.39 Å². The largest absolute Gasteiger partial charge is 0.380 e. The van der Waals surface area contributed by atoms with Gasteiger partial charge in [-0.1, -0.05) is 15.9 Å². The smallest absolute Gasteiger partial charge is 0.127 e. The van der Waals surface area contributed by atoms with Gasteiger partial charge in [-0.2, -0.15) is 0 Å². The summed E-state index contributed by atoms with van der Waals surface area (Å²) in [6.07, 6.45) is 0. The molecule has 2 heterocycles. The van der Waals surface area contributed by atoms with Crippen molar-refractivity contribution >= 4 is 15.9 Å². The molecule has 0 amide bonds. The second-order valence-electron chi connectivity index (χ2n) is 5.18. The third-order valence-corrected chi connectivity index (χ3v) is 4.80. The summed E-state index contributed by atoms with van der Waals surface area (Å²) in [6, 6.07) is 5.04. The Morgan fingerprint density at radius 2 is 1.89 bits per heavy atom. The molecule has 1 aromatic rings. The van der Waals surface area contributed by atoms with E-state index in [4.69, 9.17) is 15.2 Å². The van der Waals surface area contributed by atoms with Gasteiger partial charge in [0.15, 0.2) is 0 Å². The maximum Gasteiger partial charge on any atom is 0.127 e. The van der Waals surface area contributed by atoms with E-state index >= 15 is 0 Å². The number of nitrogens with two attached hydrogens (primary N) is 1. The van der Waals surface area contributed by atoms with Crippen LogP contribution in [-0.2, 0) is 14.9 Å². The summed E-state index contributed by atoms with van der Waals surface area (Å²) in [5.41, 5.74) is 6.08. The van der Waals surface area contributed by atoms with Crippen LogP contribution in [0, 0.1) is 11.2 Å². The van der Waals surface area contributed by atoms with Crippen molar-refractivity contribution in [2.75, 3.05) is 33.0 Å². The Morgan fingerprint density at radius 1 is 1.22 bits per heavy atom. The van der Waals surface area contributed by atoms with Gasteiger partial charge in [0.05, 0.1) is 31.8 Å². The molecule has 18 heavy (non-hydrogen) atoms. The van der Waals surface area contributed by atoms with Gasteiger partial charge in [-0.05, 0) is 18.2 Å². The normalized spacial score (nSPS) is 24.2. The Morgan fingerprint density at radius 3 is 2.33 bits per heavy atom. The summed E-state index contributed by atoms with van der Waals surface area (Å²) in [5, 5.41) is 0. The molecule has 3 nitrogen and oxygen atoms in total. The molecule has 2 aliphatic rings. The molecule has 2 fully saturated rings. The topological polar surface area (TPSA) is 44.5 Å². The average molecular weight is 316 g/mol. The lowest BCUT2D eigenvalue weighted by Gasteiger charge is -2.59. The van der Waals surface area contributed by atoms with Crippen LogP contribution in [0.3, 0.4) is 0 Å². The number of benzene rings is 1. The van der Waals surface area contributed by atoms with Crippen molar-refractivity contribution < 1.29 is 13.9 Å². The first-order chi connectivity index (χ1) is 8.63. The highest BCUT2D eigenvalue weighted by molar-refractivity contribution is 9.10. The molecule has 0 unspecified atom stereocenters. The minimum Gasteiger partial charge on any atom is -0.380 e. The van der Waals surface area contributed by atoms with Crippen molar-refractivity contribution in [3.63, 3.8) is 0 Å². The Kier molecular flexibility index (Phi) is 2.97. The molecule has 0 bridgehead atoms. The van der Waals surface area contributed by atoms with E-state index in [0.29, 0.717) is 38.5 Å². The zero-order valence-electron chi connectivity index (χ0n) is 9.92. The van der Waals surface area contributed by atoms with Gasteiger partial charge in [-0.25, -0.2) is 4.39 Å². The van der Waals surface area contributed by atoms with Gasteiger partial charge in [0.25, 0.3) is 0 Å². The van der Waals surface area contributed by atoms with Gasteiger partial charge in [0.2, 0.25) is 0 Å². The molecular formula is C13H15BrFNO2. The number of ether oxygens (including phenoxy) is 2. The highest BCUT2D eigenvalue weighted by Crippen LogP contribution is 2.52. The predicted molar refractivity (Wildman–Crippen MR) is 68.9 cm³/mol. The van der Waals surface area contributed by atoms with Gasteiger partial charge in [-0.3, -0.25) is 0 Å². The number of rotatable bonds is 3. The first-order valence-corrected chi connectivity index (χ1v) is 6.74. The number of hydrogen-bond acceptors (Lipinski definition) is 3. The molecule has 0 atom stereocenters. The quantitative estimate of drug-likeness (QED) is 0.925. The summed E-state index contributed by atoms with van der Waals surface area (Å²) in [5.74, 6) is -0.193. The summed E-state index contributed by atoms with van der Waals surface area (Å²) >= 11 is 3.40. The first-order valence-electron chi connectivity index (χ1n) is 5.95. The molecule has 2 N–H and O–H groups in total. The van der Waals surface area contributed by atoms with Gasteiger partial charge in [0, 0.05) is 22.0 Å². The van der Waals surface area contributed by atoms with Crippen molar-refractivity contribution in [2.45, 2.75) is 5.41 Å². The molecule has 0 aliphatic carbocycles. The van der Waals surface area contributed by atoms with Gasteiger partial charge in [-0.15, -0.1) is 0 Å². The SMILES string of the molecule is NCC1(C2(c3cc(Br)ccc3F)COC2)COC1. The van der Waals surface area contributed by atoms with E-state index in [1.165, 1.54) is 6.07 Å². The van der Waals surface area contributed by atoms with Crippen molar-refractivity contribution in [1.82, 2.24) is 0 Å². The van der Waals surface area contributed by atoms with Crippen molar-refractivity contribution in [2.24, 2.45) is 11.1 Å². The van der Waals surface area contributed by atoms with E-state index in [1.807, 2.05) is 6.07 Å². The van der Waals surface area contributed by atoms with Crippen LogP contribution in [0.4, 0.5) is 4.39 Å². The zero-order valence-corrected chi connectivity index (χ0v) is 11.5. The fourth-order valence-electron chi connectivity index (χ4n) is 2.86. The summed E-state index contributed by atoms with van der Waals surface area (Å²) < 4.78 is 25.7. The van der Waals surface area contributed by atoms with Crippen LogP contribution >= 0.6 is 15.9 Å². The third-order valence-electron chi connectivity index (χ3n) is 4.30. The summed E-state index contributed by atoms with van der Waals surface area (Å²) in [4.78, 5) is 0. The van der Waals surface area contributed by atoms with Crippen molar-refractivity contribution in [3.05, 3.63) is 34.1 Å². The van der Waals surface area contributed by atoms with E-state index in [0.717, 1.165) is 4.47 Å². The molecule has 5 heteroatoms. The van der Waals surface area contributed by atoms with Crippen LogP contribution in [0.25, 0.3) is 0 Å². The second kappa shape index (κ2) is 4.27. The molecule has 98 valence electrons. The van der Waals surface area contributed by atoms with Gasteiger partial charge < -0.3 is 15.2 Å². The van der Waals surface area contributed by atoms with E-state index < -0.39 is 0 Å². The molecule has 3 rings (SSSR count). The summed E-state index contributed by atoms with van der Waals surface area (Å²) in [6.45, 7) is 2.68. The monoisotopic (exact) mass is 315 g/mol. The average Bonchev–Trinajstić information content (AvgIpc) is 2.25. The Balaban J connectivity index is 2.08. The van der Waals surface area contributed by atoms with Crippen LogP contribution < -0.4 is 5.73 Å². The molecule has 1 aromatic carbocycles. The van der Waals surface area contributed by atoms with Crippen LogP contribution in [0.2, 0.25) is 0 Å². The number of hydrogen-bond donors (Lipinski definition) is 1. The van der Waals surface area contributed by atoms with E-state index in [1.54, 1.807) is 6.07 Å². The minimum absolute atomic E-state index is 0.188. The Bertz CT molecular complexity index is 467. The highest BCUT2D eigenvalue weighted by Gasteiger charge is 2.61. The lowest BCUT2D eigenvalue weighted by Crippen LogP contribution is -2.69. The van der Waals surface area contributed by atoms with Gasteiger partial charge in [0.1, 0.15) is 5.82 Å². The minimum atomic E-state index is -0.339. The molecule has 2 saturated heterocycles. The zero-order chi connectivity index (χ0) is 12.8. The molecular weight excluding hydrogens is 301 g/mol.